The number of rotatable bonds is 4. The number of halogens is 2. The first-order valence-electron chi connectivity index (χ1n) is 7.61. The highest BCUT2D eigenvalue weighted by Crippen LogP contribution is 2.26. The second-order valence-electron chi connectivity index (χ2n) is 5.60. The van der Waals surface area contributed by atoms with E-state index in [4.69, 9.17) is 16.3 Å². The summed E-state index contributed by atoms with van der Waals surface area (Å²) < 4.78 is 6.35. The van der Waals surface area contributed by atoms with E-state index < -0.39 is 0 Å². The molecule has 1 N–H and O–H groups in total. The summed E-state index contributed by atoms with van der Waals surface area (Å²) in [5, 5.41) is 3.39. The molecular weight excluding hydrogens is 378 g/mol. The SMILES string of the molecule is O=C(COc1ccc2c(c1)CCCC2)Nc1ccc(Cl)c(Br)c1. The lowest BCUT2D eigenvalue weighted by Crippen LogP contribution is -2.20. The summed E-state index contributed by atoms with van der Waals surface area (Å²) in [5.74, 6) is 0.551. The maximum Gasteiger partial charge on any atom is 0.262 e. The third-order valence-electron chi connectivity index (χ3n) is 3.89. The molecule has 1 aliphatic carbocycles. The lowest BCUT2D eigenvalue weighted by Gasteiger charge is -2.16. The van der Waals surface area contributed by atoms with E-state index >= 15 is 0 Å². The van der Waals surface area contributed by atoms with Gasteiger partial charge in [0.25, 0.3) is 5.91 Å². The molecule has 0 radical (unpaired) electrons. The molecule has 5 heteroatoms. The summed E-state index contributed by atoms with van der Waals surface area (Å²) in [6.45, 7) is -0.0148. The minimum Gasteiger partial charge on any atom is -0.484 e. The van der Waals surface area contributed by atoms with Crippen LogP contribution >= 0.6 is 27.5 Å². The Morgan fingerprint density at radius 2 is 1.91 bits per heavy atom. The van der Waals surface area contributed by atoms with Gasteiger partial charge in [0, 0.05) is 10.2 Å². The summed E-state index contributed by atoms with van der Waals surface area (Å²) in [4.78, 5) is 12.0. The van der Waals surface area contributed by atoms with Gasteiger partial charge in [0.1, 0.15) is 5.75 Å². The summed E-state index contributed by atoms with van der Waals surface area (Å²) in [5.41, 5.74) is 3.43. The van der Waals surface area contributed by atoms with Crippen molar-refractivity contribution in [1.29, 1.82) is 0 Å². The summed E-state index contributed by atoms with van der Waals surface area (Å²) in [7, 11) is 0. The number of hydrogen-bond acceptors (Lipinski definition) is 2. The normalized spacial score (nSPS) is 13.3. The van der Waals surface area contributed by atoms with Crippen molar-refractivity contribution in [2.45, 2.75) is 25.7 Å². The van der Waals surface area contributed by atoms with Crippen LogP contribution in [0, 0.1) is 0 Å². The lowest BCUT2D eigenvalue weighted by atomic mass is 9.92. The molecule has 0 bridgehead atoms. The Balaban J connectivity index is 1.57. The van der Waals surface area contributed by atoms with Crippen LogP contribution in [0.25, 0.3) is 0 Å². The highest BCUT2D eigenvalue weighted by molar-refractivity contribution is 9.10. The van der Waals surface area contributed by atoms with Crippen LogP contribution in [0.1, 0.15) is 24.0 Å². The zero-order valence-electron chi connectivity index (χ0n) is 12.6. The number of carbonyl (C=O) groups is 1. The Bertz CT molecular complexity index is 733. The highest BCUT2D eigenvalue weighted by atomic mass is 79.9. The maximum atomic E-state index is 12.0. The average molecular weight is 395 g/mol. The molecule has 0 atom stereocenters. The van der Waals surface area contributed by atoms with Gasteiger partial charge in [-0.25, -0.2) is 0 Å². The van der Waals surface area contributed by atoms with Crippen molar-refractivity contribution in [3.05, 3.63) is 57.0 Å². The molecule has 23 heavy (non-hydrogen) atoms. The van der Waals surface area contributed by atoms with Gasteiger partial charge in [-0.1, -0.05) is 17.7 Å². The molecule has 0 aromatic heterocycles. The van der Waals surface area contributed by atoms with Crippen molar-refractivity contribution < 1.29 is 9.53 Å². The summed E-state index contributed by atoms with van der Waals surface area (Å²) in [6.07, 6.45) is 4.72. The number of carbonyl (C=O) groups excluding carboxylic acids is 1. The quantitative estimate of drug-likeness (QED) is 0.792. The monoisotopic (exact) mass is 393 g/mol. The minimum atomic E-state index is -0.197. The predicted octanol–water partition coefficient (Wildman–Crippen LogP) is 5.00. The van der Waals surface area contributed by atoms with Crippen molar-refractivity contribution >= 4 is 39.1 Å². The van der Waals surface area contributed by atoms with Gasteiger partial charge >= 0.3 is 0 Å². The molecule has 0 fully saturated rings. The number of anilines is 1. The second-order valence-corrected chi connectivity index (χ2v) is 6.86. The van der Waals surface area contributed by atoms with Crippen molar-refractivity contribution in [3.63, 3.8) is 0 Å². The molecule has 0 saturated carbocycles. The first-order chi connectivity index (χ1) is 11.1. The van der Waals surface area contributed by atoms with E-state index in [0.717, 1.165) is 23.1 Å². The molecule has 0 unspecified atom stereocenters. The van der Waals surface area contributed by atoms with Crippen LogP contribution in [-0.2, 0) is 17.6 Å². The van der Waals surface area contributed by atoms with Crippen molar-refractivity contribution in [3.8, 4) is 5.75 Å². The number of ether oxygens (including phenoxy) is 1. The molecule has 0 heterocycles. The van der Waals surface area contributed by atoms with Crippen LogP contribution in [-0.4, -0.2) is 12.5 Å². The number of nitrogens with one attached hydrogen (secondary N) is 1. The van der Waals surface area contributed by atoms with E-state index in [0.29, 0.717) is 10.7 Å². The molecule has 0 saturated heterocycles. The molecule has 1 aliphatic rings. The van der Waals surface area contributed by atoms with E-state index in [-0.39, 0.29) is 12.5 Å². The Morgan fingerprint density at radius 1 is 1.13 bits per heavy atom. The standard InChI is InChI=1S/C18H17BrClNO2/c19-16-10-14(6-8-17(16)20)21-18(22)11-23-15-7-5-12-3-1-2-4-13(12)9-15/h5-10H,1-4,11H2,(H,21,22). The van der Waals surface area contributed by atoms with Crippen molar-refractivity contribution in [1.82, 2.24) is 0 Å². The van der Waals surface area contributed by atoms with Gasteiger partial charge in [-0.05, 0) is 83.1 Å². The molecule has 2 aromatic carbocycles. The van der Waals surface area contributed by atoms with Gasteiger partial charge in [-0.3, -0.25) is 4.79 Å². The van der Waals surface area contributed by atoms with Crippen molar-refractivity contribution in [2.24, 2.45) is 0 Å². The molecule has 3 rings (SSSR count). The van der Waals surface area contributed by atoms with Gasteiger partial charge in [0.05, 0.1) is 5.02 Å². The molecular formula is C18H17BrClNO2. The first kappa shape index (κ1) is 16.3. The third-order valence-corrected chi connectivity index (χ3v) is 5.11. The van der Waals surface area contributed by atoms with Crippen molar-refractivity contribution in [2.75, 3.05) is 11.9 Å². The zero-order chi connectivity index (χ0) is 16.2. The topological polar surface area (TPSA) is 38.3 Å². The number of fused-ring (bicyclic) bond motifs is 1. The van der Waals surface area contributed by atoms with Crippen LogP contribution < -0.4 is 10.1 Å². The van der Waals surface area contributed by atoms with Crippen LogP contribution in [0.3, 0.4) is 0 Å². The van der Waals surface area contributed by atoms with E-state index in [1.165, 1.54) is 24.0 Å². The Morgan fingerprint density at radius 3 is 2.70 bits per heavy atom. The summed E-state index contributed by atoms with van der Waals surface area (Å²) in [6, 6.07) is 11.4. The Hall–Kier alpha value is -1.52. The fourth-order valence-electron chi connectivity index (χ4n) is 2.72. The lowest BCUT2D eigenvalue weighted by molar-refractivity contribution is -0.118. The van der Waals surface area contributed by atoms with E-state index in [2.05, 4.69) is 33.4 Å². The van der Waals surface area contributed by atoms with E-state index in [1.54, 1.807) is 18.2 Å². The smallest absolute Gasteiger partial charge is 0.262 e. The van der Waals surface area contributed by atoms with Crippen LogP contribution in [0.4, 0.5) is 5.69 Å². The summed E-state index contributed by atoms with van der Waals surface area (Å²) >= 11 is 9.26. The molecule has 120 valence electrons. The van der Waals surface area contributed by atoms with Crippen LogP contribution in [0.2, 0.25) is 5.02 Å². The van der Waals surface area contributed by atoms with Gasteiger partial charge in [-0.2, -0.15) is 0 Å². The Labute approximate surface area is 149 Å². The van der Waals surface area contributed by atoms with Gasteiger partial charge in [0.2, 0.25) is 0 Å². The van der Waals surface area contributed by atoms with E-state index in [9.17, 15) is 4.79 Å². The third kappa shape index (κ3) is 4.27. The Kier molecular flexibility index (Phi) is 5.23. The van der Waals surface area contributed by atoms with Gasteiger partial charge in [-0.15, -0.1) is 0 Å². The number of amides is 1. The first-order valence-corrected chi connectivity index (χ1v) is 8.78. The van der Waals surface area contributed by atoms with Crippen LogP contribution in [0.15, 0.2) is 40.9 Å². The molecule has 0 aliphatic heterocycles. The number of aryl methyl sites for hydroxylation is 2. The largest absolute Gasteiger partial charge is 0.484 e. The van der Waals surface area contributed by atoms with Gasteiger partial charge in [0.15, 0.2) is 6.61 Å². The van der Waals surface area contributed by atoms with Gasteiger partial charge < -0.3 is 10.1 Å². The predicted molar refractivity (Wildman–Crippen MR) is 96.4 cm³/mol. The fourth-order valence-corrected chi connectivity index (χ4v) is 3.22. The highest BCUT2D eigenvalue weighted by Gasteiger charge is 2.11. The molecule has 1 amide bonds. The average Bonchev–Trinajstić information content (AvgIpc) is 2.56. The molecule has 2 aromatic rings. The molecule has 0 spiro atoms. The second kappa shape index (κ2) is 7.37. The van der Waals surface area contributed by atoms with E-state index in [1.807, 2.05) is 6.07 Å². The number of hydrogen-bond donors (Lipinski definition) is 1. The fraction of sp³-hybridized carbons (Fsp3) is 0.278. The minimum absolute atomic E-state index is 0.0148. The maximum absolute atomic E-state index is 12.0. The molecule has 3 nitrogen and oxygen atoms in total. The van der Waals surface area contributed by atoms with Crippen LogP contribution in [0.5, 0.6) is 5.75 Å². The number of benzene rings is 2. The zero-order valence-corrected chi connectivity index (χ0v) is 14.9.